The number of carboxylic acid groups (broad SMARTS) is 1. The first kappa shape index (κ1) is 13.0. The molecule has 0 spiro atoms. The first-order valence-corrected chi connectivity index (χ1v) is 5.58. The highest BCUT2D eigenvalue weighted by molar-refractivity contribution is 6.30. The molecular weight excluding hydrogens is 226 g/mol. The number of nitrogens with two attached hydrogens (primary N) is 1. The normalized spacial score (nSPS) is 14.4. The molecule has 0 saturated carbocycles. The Balaban J connectivity index is 2.56. The number of benzene rings is 1. The van der Waals surface area contributed by atoms with Gasteiger partial charge in [-0.2, -0.15) is 0 Å². The Hall–Kier alpha value is -1.06. The lowest BCUT2D eigenvalue weighted by atomic mass is 9.92. The van der Waals surface area contributed by atoms with Crippen molar-refractivity contribution in [2.75, 3.05) is 0 Å². The Morgan fingerprint density at radius 2 is 2.25 bits per heavy atom. The molecule has 4 heteroatoms. The molecular formula is C12H16ClNO2. The summed E-state index contributed by atoms with van der Waals surface area (Å²) >= 11 is 5.87. The Labute approximate surface area is 100 Å². The number of hydrogen-bond acceptors (Lipinski definition) is 2. The SMILES string of the molecule is CC(Cc1cccc(Cl)c1)C(N)CC(=O)O. The van der Waals surface area contributed by atoms with Gasteiger partial charge in [0.15, 0.2) is 0 Å². The highest BCUT2D eigenvalue weighted by Crippen LogP contribution is 2.16. The largest absolute Gasteiger partial charge is 0.481 e. The fraction of sp³-hybridized carbons (Fsp3) is 0.417. The Morgan fingerprint density at radius 1 is 1.56 bits per heavy atom. The lowest BCUT2D eigenvalue weighted by molar-refractivity contribution is -0.137. The summed E-state index contributed by atoms with van der Waals surface area (Å²) in [4.78, 5) is 10.5. The van der Waals surface area contributed by atoms with Crippen LogP contribution in [0.1, 0.15) is 18.9 Å². The molecule has 2 unspecified atom stereocenters. The van der Waals surface area contributed by atoms with Gasteiger partial charge in [0.1, 0.15) is 0 Å². The summed E-state index contributed by atoms with van der Waals surface area (Å²) in [6.07, 6.45) is 0.747. The number of halogens is 1. The Morgan fingerprint density at radius 3 is 2.81 bits per heavy atom. The minimum Gasteiger partial charge on any atom is -0.481 e. The van der Waals surface area contributed by atoms with Crippen LogP contribution in [0.25, 0.3) is 0 Å². The van der Waals surface area contributed by atoms with Gasteiger partial charge in [0.2, 0.25) is 0 Å². The van der Waals surface area contributed by atoms with Crippen molar-refractivity contribution in [3.05, 3.63) is 34.9 Å². The van der Waals surface area contributed by atoms with Crippen LogP contribution >= 0.6 is 11.6 Å². The molecule has 0 bridgehead atoms. The molecule has 0 aliphatic heterocycles. The van der Waals surface area contributed by atoms with E-state index in [-0.39, 0.29) is 18.4 Å². The van der Waals surface area contributed by atoms with Crippen LogP contribution in [0.3, 0.4) is 0 Å². The van der Waals surface area contributed by atoms with Crippen LogP contribution in [0.5, 0.6) is 0 Å². The molecule has 0 radical (unpaired) electrons. The van der Waals surface area contributed by atoms with Crippen LogP contribution in [0.15, 0.2) is 24.3 Å². The minimum absolute atomic E-state index is 0.00172. The van der Waals surface area contributed by atoms with E-state index in [4.69, 9.17) is 22.4 Å². The molecule has 3 nitrogen and oxygen atoms in total. The smallest absolute Gasteiger partial charge is 0.304 e. The van der Waals surface area contributed by atoms with E-state index in [9.17, 15) is 4.79 Å². The third kappa shape index (κ3) is 4.21. The molecule has 0 amide bonds. The third-order valence-electron chi connectivity index (χ3n) is 2.59. The van der Waals surface area contributed by atoms with Gasteiger partial charge in [-0.05, 0) is 30.0 Å². The van der Waals surface area contributed by atoms with Crippen molar-refractivity contribution in [2.45, 2.75) is 25.8 Å². The van der Waals surface area contributed by atoms with Crippen LogP contribution < -0.4 is 5.73 Å². The quantitative estimate of drug-likeness (QED) is 0.832. The molecule has 1 aromatic rings. The molecule has 0 aromatic heterocycles. The van der Waals surface area contributed by atoms with Crippen molar-refractivity contribution < 1.29 is 9.90 Å². The average molecular weight is 242 g/mol. The first-order valence-electron chi connectivity index (χ1n) is 5.21. The molecule has 0 aliphatic carbocycles. The van der Waals surface area contributed by atoms with Crippen LogP contribution in [0.2, 0.25) is 5.02 Å². The van der Waals surface area contributed by atoms with Crippen molar-refractivity contribution in [1.29, 1.82) is 0 Å². The third-order valence-corrected chi connectivity index (χ3v) is 2.82. The Kier molecular flexibility index (Phi) is 4.77. The summed E-state index contributed by atoms with van der Waals surface area (Å²) in [5.41, 5.74) is 6.87. The first-order chi connectivity index (χ1) is 7.49. The van der Waals surface area contributed by atoms with Gasteiger partial charge in [0.05, 0.1) is 6.42 Å². The minimum atomic E-state index is -0.856. The lowest BCUT2D eigenvalue weighted by Crippen LogP contribution is -2.32. The van der Waals surface area contributed by atoms with Crippen molar-refractivity contribution in [3.63, 3.8) is 0 Å². The topological polar surface area (TPSA) is 63.3 Å². The summed E-state index contributed by atoms with van der Waals surface area (Å²) in [5.74, 6) is -0.736. The molecule has 88 valence electrons. The maximum Gasteiger partial charge on any atom is 0.304 e. The van der Waals surface area contributed by atoms with Crippen LogP contribution in [0, 0.1) is 5.92 Å². The molecule has 0 aliphatic rings. The van der Waals surface area contributed by atoms with Gasteiger partial charge in [0.25, 0.3) is 0 Å². The van der Waals surface area contributed by atoms with E-state index >= 15 is 0 Å². The second kappa shape index (κ2) is 5.87. The number of hydrogen-bond donors (Lipinski definition) is 2. The van der Waals surface area contributed by atoms with Gasteiger partial charge in [-0.1, -0.05) is 30.7 Å². The molecule has 16 heavy (non-hydrogen) atoms. The van der Waals surface area contributed by atoms with E-state index in [1.807, 2.05) is 31.2 Å². The van der Waals surface area contributed by atoms with Gasteiger partial charge in [0, 0.05) is 11.1 Å². The summed E-state index contributed by atoms with van der Waals surface area (Å²) in [5, 5.41) is 9.33. The zero-order valence-electron chi connectivity index (χ0n) is 9.19. The Bertz CT molecular complexity index is 368. The molecule has 0 heterocycles. The fourth-order valence-electron chi connectivity index (χ4n) is 1.59. The molecule has 2 atom stereocenters. The van der Waals surface area contributed by atoms with Gasteiger partial charge in [-0.3, -0.25) is 4.79 Å². The molecule has 3 N–H and O–H groups in total. The van der Waals surface area contributed by atoms with Gasteiger partial charge >= 0.3 is 5.97 Å². The van der Waals surface area contributed by atoms with Crippen LogP contribution in [-0.2, 0) is 11.2 Å². The maximum atomic E-state index is 10.5. The molecule has 0 saturated heterocycles. The fourth-order valence-corrected chi connectivity index (χ4v) is 1.80. The predicted molar refractivity (Wildman–Crippen MR) is 64.5 cm³/mol. The van der Waals surface area contributed by atoms with Gasteiger partial charge in [-0.15, -0.1) is 0 Å². The highest BCUT2D eigenvalue weighted by atomic mass is 35.5. The van der Waals surface area contributed by atoms with E-state index in [0.29, 0.717) is 5.02 Å². The van der Waals surface area contributed by atoms with E-state index in [1.165, 1.54) is 0 Å². The summed E-state index contributed by atoms with van der Waals surface area (Å²) < 4.78 is 0. The van der Waals surface area contributed by atoms with E-state index in [1.54, 1.807) is 0 Å². The lowest BCUT2D eigenvalue weighted by Gasteiger charge is -2.18. The molecule has 0 fully saturated rings. The summed E-state index contributed by atoms with van der Waals surface area (Å²) in [6, 6.07) is 7.22. The van der Waals surface area contributed by atoms with E-state index in [0.717, 1.165) is 12.0 Å². The zero-order chi connectivity index (χ0) is 12.1. The van der Waals surface area contributed by atoms with Crippen LogP contribution in [0.4, 0.5) is 0 Å². The number of rotatable bonds is 5. The van der Waals surface area contributed by atoms with E-state index in [2.05, 4.69) is 0 Å². The zero-order valence-corrected chi connectivity index (χ0v) is 9.95. The second-order valence-corrected chi connectivity index (χ2v) is 4.51. The van der Waals surface area contributed by atoms with Crippen molar-refractivity contribution in [3.8, 4) is 0 Å². The summed E-state index contributed by atoms with van der Waals surface area (Å²) in [7, 11) is 0. The number of carbonyl (C=O) groups is 1. The van der Waals surface area contributed by atoms with Crippen LogP contribution in [-0.4, -0.2) is 17.1 Å². The summed E-state index contributed by atoms with van der Waals surface area (Å²) in [6.45, 7) is 1.95. The van der Waals surface area contributed by atoms with Crippen molar-refractivity contribution in [2.24, 2.45) is 11.7 Å². The second-order valence-electron chi connectivity index (χ2n) is 4.07. The van der Waals surface area contributed by atoms with Crippen molar-refractivity contribution >= 4 is 17.6 Å². The van der Waals surface area contributed by atoms with Gasteiger partial charge in [-0.25, -0.2) is 0 Å². The maximum absolute atomic E-state index is 10.5. The molecule has 1 rings (SSSR count). The predicted octanol–water partition coefficient (Wildman–Crippen LogP) is 2.32. The van der Waals surface area contributed by atoms with Crippen molar-refractivity contribution in [1.82, 2.24) is 0 Å². The van der Waals surface area contributed by atoms with Gasteiger partial charge < -0.3 is 10.8 Å². The average Bonchev–Trinajstić information content (AvgIpc) is 2.16. The number of aliphatic carboxylic acids is 1. The molecule has 1 aromatic carbocycles. The number of carboxylic acids is 1. The highest BCUT2D eigenvalue weighted by Gasteiger charge is 2.16. The van der Waals surface area contributed by atoms with E-state index < -0.39 is 5.97 Å². The standard InChI is InChI=1S/C12H16ClNO2/c1-8(11(14)7-12(15)16)5-9-3-2-4-10(13)6-9/h2-4,6,8,11H,5,7,14H2,1H3,(H,15,16). The monoisotopic (exact) mass is 241 g/mol.